The van der Waals surface area contributed by atoms with E-state index in [1.807, 2.05) is 6.92 Å². The van der Waals surface area contributed by atoms with Crippen LogP contribution in [-0.4, -0.2) is 25.0 Å². The molecule has 0 aliphatic rings. The van der Waals surface area contributed by atoms with Gasteiger partial charge in [-0.05, 0) is 42.8 Å². The molecular formula is C18H19FN2O3. The van der Waals surface area contributed by atoms with Gasteiger partial charge in [0.15, 0.2) is 0 Å². The zero-order valence-corrected chi connectivity index (χ0v) is 13.3. The van der Waals surface area contributed by atoms with Crippen molar-refractivity contribution in [2.75, 3.05) is 18.5 Å². The normalized spacial score (nSPS) is 10.1. The minimum Gasteiger partial charge on any atom is -0.494 e. The minimum atomic E-state index is -0.438. The van der Waals surface area contributed by atoms with E-state index >= 15 is 0 Å². The molecule has 0 bridgehead atoms. The van der Waals surface area contributed by atoms with E-state index < -0.39 is 11.7 Å². The fraction of sp³-hybridized carbons (Fsp3) is 0.222. The number of nitrogens with one attached hydrogen (secondary N) is 2. The molecule has 2 rings (SSSR count). The molecule has 126 valence electrons. The summed E-state index contributed by atoms with van der Waals surface area (Å²) in [6.07, 6.45) is -0.108. The van der Waals surface area contributed by atoms with Gasteiger partial charge >= 0.3 is 0 Å². The van der Waals surface area contributed by atoms with Crippen LogP contribution in [0.2, 0.25) is 0 Å². The number of hydrogen-bond acceptors (Lipinski definition) is 3. The number of benzene rings is 2. The summed E-state index contributed by atoms with van der Waals surface area (Å²) in [5.41, 5.74) is 0.897. The first-order valence-corrected chi connectivity index (χ1v) is 7.61. The second kappa shape index (κ2) is 8.67. The van der Waals surface area contributed by atoms with Crippen molar-refractivity contribution in [1.82, 2.24) is 5.32 Å². The number of amides is 2. The van der Waals surface area contributed by atoms with Crippen LogP contribution in [0, 0.1) is 5.82 Å². The molecule has 0 spiro atoms. The number of carbonyl (C=O) groups excluding carboxylic acids is 2. The molecule has 2 aromatic rings. The van der Waals surface area contributed by atoms with Crippen molar-refractivity contribution in [3.8, 4) is 5.75 Å². The molecule has 0 saturated carbocycles. The Morgan fingerprint density at radius 1 is 1.04 bits per heavy atom. The van der Waals surface area contributed by atoms with Crippen molar-refractivity contribution in [3.05, 3.63) is 59.9 Å². The summed E-state index contributed by atoms with van der Waals surface area (Å²) in [5.74, 6) is -0.497. The molecule has 0 radical (unpaired) electrons. The Kier molecular flexibility index (Phi) is 6.31. The van der Waals surface area contributed by atoms with E-state index in [1.54, 1.807) is 36.4 Å². The first kappa shape index (κ1) is 17.5. The fourth-order valence-electron chi connectivity index (χ4n) is 2.06. The van der Waals surface area contributed by atoms with Gasteiger partial charge in [-0.1, -0.05) is 18.2 Å². The van der Waals surface area contributed by atoms with Gasteiger partial charge in [0.2, 0.25) is 11.8 Å². The van der Waals surface area contributed by atoms with E-state index in [1.165, 1.54) is 12.1 Å². The van der Waals surface area contributed by atoms with E-state index in [4.69, 9.17) is 4.74 Å². The van der Waals surface area contributed by atoms with Crippen molar-refractivity contribution < 1.29 is 18.7 Å². The second-order valence-electron chi connectivity index (χ2n) is 5.05. The lowest BCUT2D eigenvalue weighted by molar-refractivity contribution is -0.123. The van der Waals surface area contributed by atoms with Gasteiger partial charge in [0, 0.05) is 5.69 Å². The van der Waals surface area contributed by atoms with Crippen molar-refractivity contribution in [1.29, 1.82) is 0 Å². The zero-order valence-electron chi connectivity index (χ0n) is 13.3. The maximum Gasteiger partial charge on any atom is 0.243 e. The van der Waals surface area contributed by atoms with Crippen molar-refractivity contribution in [2.24, 2.45) is 0 Å². The van der Waals surface area contributed by atoms with Gasteiger partial charge in [-0.15, -0.1) is 0 Å². The zero-order chi connectivity index (χ0) is 17.4. The molecule has 5 nitrogen and oxygen atoms in total. The molecule has 6 heteroatoms. The van der Waals surface area contributed by atoms with Crippen LogP contribution in [0.3, 0.4) is 0 Å². The molecule has 0 aromatic heterocycles. The van der Waals surface area contributed by atoms with E-state index in [0.717, 1.165) is 0 Å². The summed E-state index contributed by atoms with van der Waals surface area (Å²) in [4.78, 5) is 23.6. The first-order chi connectivity index (χ1) is 11.6. The highest BCUT2D eigenvalue weighted by atomic mass is 19.1. The highest BCUT2D eigenvalue weighted by Gasteiger charge is 2.09. The van der Waals surface area contributed by atoms with Crippen molar-refractivity contribution in [3.63, 3.8) is 0 Å². The number of anilines is 1. The van der Waals surface area contributed by atoms with Gasteiger partial charge in [0.05, 0.1) is 19.6 Å². The Morgan fingerprint density at radius 3 is 2.42 bits per heavy atom. The molecule has 2 amide bonds. The number of carbonyl (C=O) groups is 2. The Labute approximate surface area is 139 Å². The summed E-state index contributed by atoms with van der Waals surface area (Å²) < 4.78 is 18.8. The van der Waals surface area contributed by atoms with Gasteiger partial charge in [-0.3, -0.25) is 9.59 Å². The predicted octanol–water partition coefficient (Wildman–Crippen LogP) is 2.52. The molecule has 0 fully saturated rings. The third kappa shape index (κ3) is 5.39. The third-order valence-electron chi connectivity index (χ3n) is 3.20. The Balaban J connectivity index is 1.78. The van der Waals surface area contributed by atoms with E-state index in [-0.39, 0.29) is 18.9 Å². The average Bonchev–Trinajstić information content (AvgIpc) is 2.57. The summed E-state index contributed by atoms with van der Waals surface area (Å²) >= 11 is 0. The van der Waals surface area contributed by atoms with Crippen LogP contribution in [-0.2, 0) is 16.0 Å². The molecular weight excluding hydrogens is 311 g/mol. The summed E-state index contributed by atoms with van der Waals surface area (Å²) in [6, 6.07) is 13.0. The molecule has 2 aromatic carbocycles. The molecule has 0 atom stereocenters. The highest BCUT2D eigenvalue weighted by molar-refractivity contribution is 5.94. The predicted molar refractivity (Wildman–Crippen MR) is 89.4 cm³/mol. The van der Waals surface area contributed by atoms with Gasteiger partial charge in [-0.2, -0.15) is 0 Å². The maximum absolute atomic E-state index is 13.5. The van der Waals surface area contributed by atoms with Gasteiger partial charge in [-0.25, -0.2) is 4.39 Å². The van der Waals surface area contributed by atoms with Crippen LogP contribution in [0.25, 0.3) is 0 Å². The van der Waals surface area contributed by atoms with Crippen LogP contribution >= 0.6 is 0 Å². The van der Waals surface area contributed by atoms with Gasteiger partial charge in [0.1, 0.15) is 11.6 Å². The smallest absolute Gasteiger partial charge is 0.243 e. The molecule has 0 unspecified atom stereocenters. The monoisotopic (exact) mass is 330 g/mol. The summed E-state index contributed by atoms with van der Waals surface area (Å²) in [6.45, 7) is 2.28. The number of rotatable bonds is 7. The number of ether oxygens (including phenoxy) is 1. The van der Waals surface area contributed by atoms with E-state index in [9.17, 15) is 14.0 Å². The first-order valence-electron chi connectivity index (χ1n) is 7.61. The SMILES string of the molecule is CCOc1ccc(NC(=O)CNC(=O)Cc2ccccc2F)cc1. The molecule has 0 aliphatic heterocycles. The number of hydrogen-bond donors (Lipinski definition) is 2. The van der Waals surface area contributed by atoms with E-state index in [2.05, 4.69) is 10.6 Å². The molecule has 0 saturated heterocycles. The van der Waals surface area contributed by atoms with Crippen molar-refractivity contribution in [2.45, 2.75) is 13.3 Å². The lowest BCUT2D eigenvalue weighted by Gasteiger charge is -2.08. The molecule has 0 aliphatic carbocycles. The largest absolute Gasteiger partial charge is 0.494 e. The molecule has 2 N–H and O–H groups in total. The summed E-state index contributed by atoms with van der Waals surface area (Å²) in [5, 5.41) is 5.13. The highest BCUT2D eigenvalue weighted by Crippen LogP contribution is 2.15. The lowest BCUT2D eigenvalue weighted by Crippen LogP contribution is -2.33. The topological polar surface area (TPSA) is 67.4 Å². The van der Waals surface area contributed by atoms with Crippen LogP contribution < -0.4 is 15.4 Å². The van der Waals surface area contributed by atoms with Crippen LogP contribution in [0.4, 0.5) is 10.1 Å². The molecule has 0 heterocycles. The third-order valence-corrected chi connectivity index (χ3v) is 3.20. The van der Waals surface area contributed by atoms with Gasteiger partial charge < -0.3 is 15.4 Å². The number of halogens is 1. The quantitative estimate of drug-likeness (QED) is 0.820. The Morgan fingerprint density at radius 2 is 1.75 bits per heavy atom. The van der Waals surface area contributed by atoms with E-state index in [0.29, 0.717) is 23.6 Å². The van der Waals surface area contributed by atoms with Crippen LogP contribution in [0.1, 0.15) is 12.5 Å². The summed E-state index contributed by atoms with van der Waals surface area (Å²) in [7, 11) is 0. The lowest BCUT2D eigenvalue weighted by atomic mass is 10.1. The molecule has 24 heavy (non-hydrogen) atoms. The Hall–Kier alpha value is -2.89. The van der Waals surface area contributed by atoms with Crippen LogP contribution in [0.15, 0.2) is 48.5 Å². The standard InChI is InChI=1S/C18H19FN2O3/c1-2-24-15-9-7-14(8-10-15)21-18(23)12-20-17(22)11-13-5-3-4-6-16(13)19/h3-10H,2,11-12H2,1H3,(H,20,22)(H,21,23). The van der Waals surface area contributed by atoms with Crippen LogP contribution in [0.5, 0.6) is 5.75 Å². The second-order valence-corrected chi connectivity index (χ2v) is 5.05. The fourth-order valence-corrected chi connectivity index (χ4v) is 2.06. The minimum absolute atomic E-state index is 0.108. The Bertz CT molecular complexity index is 702. The van der Waals surface area contributed by atoms with Gasteiger partial charge in [0.25, 0.3) is 0 Å². The maximum atomic E-state index is 13.5. The average molecular weight is 330 g/mol. The van der Waals surface area contributed by atoms with Crippen molar-refractivity contribution >= 4 is 17.5 Å².